The highest BCUT2D eigenvalue weighted by Gasteiger charge is 2.34. The van der Waals surface area contributed by atoms with Crippen molar-refractivity contribution in [2.75, 3.05) is 0 Å². The third-order valence-electron chi connectivity index (χ3n) is 4.04. The molecule has 0 bridgehead atoms. The zero-order valence-corrected chi connectivity index (χ0v) is 14.9. The Hall–Kier alpha value is -2.37. The molecule has 26 heavy (non-hydrogen) atoms. The maximum Gasteiger partial charge on any atom is 0.419 e. The summed E-state index contributed by atoms with van der Waals surface area (Å²) < 4.78 is 52.1. The summed E-state index contributed by atoms with van der Waals surface area (Å²) in [5, 5.41) is 2.60. The minimum Gasteiger partial charge on any atom is -0.352 e. The summed E-state index contributed by atoms with van der Waals surface area (Å²) in [5.74, 6) is -1.94. The van der Waals surface area contributed by atoms with Gasteiger partial charge in [0.15, 0.2) is 0 Å². The molecule has 1 N–H and O–H groups in total. The second-order valence-corrected chi connectivity index (χ2v) is 7.18. The van der Waals surface area contributed by atoms with E-state index in [4.69, 9.17) is 0 Å². The van der Waals surface area contributed by atoms with Gasteiger partial charge in [-0.3, -0.25) is 4.79 Å². The van der Waals surface area contributed by atoms with Crippen LogP contribution >= 0.6 is 0 Å². The Bertz CT molecular complexity index is 774. The van der Waals surface area contributed by atoms with Crippen LogP contribution in [-0.4, -0.2) is 5.91 Å². The molecule has 0 radical (unpaired) electrons. The molecule has 0 fully saturated rings. The van der Waals surface area contributed by atoms with E-state index < -0.39 is 29.9 Å². The maximum absolute atomic E-state index is 13.9. The molecule has 6 heteroatoms. The molecule has 2 nitrogen and oxygen atoms in total. The van der Waals surface area contributed by atoms with E-state index >= 15 is 0 Å². The smallest absolute Gasteiger partial charge is 0.352 e. The molecular weight excluding hydrogens is 346 g/mol. The lowest BCUT2D eigenvalue weighted by Crippen LogP contribution is -2.25. The van der Waals surface area contributed by atoms with Crippen molar-refractivity contribution in [2.24, 2.45) is 0 Å². The Labute approximate surface area is 150 Å². The quantitative estimate of drug-likeness (QED) is 0.757. The number of nitrogens with one attached hydrogen (secondary N) is 1. The number of alkyl halides is 3. The van der Waals surface area contributed by atoms with Gasteiger partial charge >= 0.3 is 6.18 Å². The molecule has 0 spiro atoms. The van der Waals surface area contributed by atoms with E-state index in [-0.39, 0.29) is 17.5 Å². The summed E-state index contributed by atoms with van der Waals surface area (Å²) in [5.41, 5.74) is 0.387. The van der Waals surface area contributed by atoms with Crippen molar-refractivity contribution >= 4 is 5.91 Å². The van der Waals surface area contributed by atoms with E-state index in [1.165, 1.54) is 6.07 Å². The lowest BCUT2D eigenvalue weighted by molar-refractivity contribution is -0.140. The summed E-state index contributed by atoms with van der Waals surface area (Å²) in [6.45, 7) is 6.50. The molecule has 0 heterocycles. The number of carbonyl (C=O) groups is 1. The highest BCUT2D eigenvalue weighted by molar-refractivity contribution is 5.78. The van der Waals surface area contributed by atoms with Crippen LogP contribution in [-0.2, 0) is 29.4 Å². The van der Waals surface area contributed by atoms with Gasteiger partial charge in [-0.2, -0.15) is 13.2 Å². The number of hydrogen-bond acceptors (Lipinski definition) is 1. The summed E-state index contributed by atoms with van der Waals surface area (Å²) in [7, 11) is 0. The number of hydrogen-bond donors (Lipinski definition) is 1. The van der Waals surface area contributed by atoms with Gasteiger partial charge in [-0.15, -0.1) is 0 Å². The number of amides is 1. The van der Waals surface area contributed by atoms with Crippen molar-refractivity contribution in [1.82, 2.24) is 5.32 Å². The van der Waals surface area contributed by atoms with Gasteiger partial charge in [0.1, 0.15) is 5.82 Å². The molecule has 0 aliphatic carbocycles. The van der Waals surface area contributed by atoms with E-state index in [0.29, 0.717) is 6.07 Å². The predicted molar refractivity (Wildman–Crippen MR) is 92.1 cm³/mol. The molecule has 0 aromatic heterocycles. The maximum atomic E-state index is 13.9. The fourth-order valence-electron chi connectivity index (χ4n) is 2.49. The summed E-state index contributed by atoms with van der Waals surface area (Å²) in [6.07, 6.45) is -5.23. The van der Waals surface area contributed by atoms with Gasteiger partial charge in [0.05, 0.1) is 12.0 Å². The van der Waals surface area contributed by atoms with E-state index in [0.717, 1.165) is 17.2 Å². The molecule has 2 aromatic rings. The first-order valence-corrected chi connectivity index (χ1v) is 8.19. The minimum atomic E-state index is -4.79. The molecule has 1 amide bonds. The number of rotatable bonds is 4. The average molecular weight is 367 g/mol. The Morgan fingerprint density at radius 2 is 1.62 bits per heavy atom. The standard InChI is InChI=1S/C20H21F4NO/c1-19(2,3)15-9-7-13(8-10-15)12-25-17(26)11-14-5-4-6-16(18(14)21)20(22,23)24/h4-10H,11-12H2,1-3H3,(H,25,26). The van der Waals surface area contributed by atoms with Crippen LogP contribution in [0.1, 0.15) is 43.0 Å². The van der Waals surface area contributed by atoms with Crippen molar-refractivity contribution in [2.45, 2.75) is 45.3 Å². The van der Waals surface area contributed by atoms with Gasteiger partial charge in [0.25, 0.3) is 0 Å². The van der Waals surface area contributed by atoms with Crippen molar-refractivity contribution in [3.63, 3.8) is 0 Å². The molecule has 0 saturated heterocycles. The van der Waals surface area contributed by atoms with Crippen molar-refractivity contribution in [1.29, 1.82) is 0 Å². The summed E-state index contributed by atoms with van der Waals surface area (Å²) >= 11 is 0. The zero-order valence-electron chi connectivity index (χ0n) is 14.9. The second-order valence-electron chi connectivity index (χ2n) is 7.18. The number of halogens is 4. The molecule has 0 saturated carbocycles. The fraction of sp³-hybridized carbons (Fsp3) is 0.350. The van der Waals surface area contributed by atoms with Gasteiger partial charge < -0.3 is 5.32 Å². The predicted octanol–water partition coefficient (Wildman–Crippen LogP) is 5.00. The van der Waals surface area contributed by atoms with Crippen LogP contribution in [0.5, 0.6) is 0 Å². The van der Waals surface area contributed by atoms with Gasteiger partial charge in [0.2, 0.25) is 5.91 Å². The van der Waals surface area contributed by atoms with Crippen molar-refractivity contribution < 1.29 is 22.4 Å². The fourth-order valence-corrected chi connectivity index (χ4v) is 2.49. The van der Waals surface area contributed by atoms with Gasteiger partial charge in [-0.05, 0) is 28.2 Å². The largest absolute Gasteiger partial charge is 0.419 e. The summed E-state index contributed by atoms with van der Waals surface area (Å²) in [4.78, 5) is 12.0. The van der Waals surface area contributed by atoms with E-state index in [1.54, 1.807) is 0 Å². The molecule has 0 aliphatic heterocycles. The van der Waals surface area contributed by atoms with E-state index in [2.05, 4.69) is 26.1 Å². The van der Waals surface area contributed by atoms with Crippen LogP contribution in [0, 0.1) is 5.82 Å². The first-order chi connectivity index (χ1) is 12.0. The van der Waals surface area contributed by atoms with Gasteiger partial charge in [0, 0.05) is 6.54 Å². The van der Waals surface area contributed by atoms with E-state index in [1.807, 2.05) is 24.3 Å². The minimum absolute atomic E-state index is 0.0167. The monoisotopic (exact) mass is 367 g/mol. The van der Waals surface area contributed by atoms with Crippen LogP contribution < -0.4 is 5.32 Å². The SMILES string of the molecule is CC(C)(C)c1ccc(CNC(=O)Cc2cccc(C(F)(F)F)c2F)cc1. The van der Waals surface area contributed by atoms with Crippen LogP contribution in [0.25, 0.3) is 0 Å². The molecule has 0 atom stereocenters. The van der Waals surface area contributed by atoms with Gasteiger partial charge in [-0.1, -0.05) is 57.2 Å². The molecule has 140 valence electrons. The van der Waals surface area contributed by atoms with E-state index in [9.17, 15) is 22.4 Å². The molecule has 2 rings (SSSR count). The highest BCUT2D eigenvalue weighted by atomic mass is 19.4. The Balaban J connectivity index is 2.00. The van der Waals surface area contributed by atoms with Crippen molar-refractivity contribution in [3.8, 4) is 0 Å². The normalized spacial score (nSPS) is 12.1. The topological polar surface area (TPSA) is 29.1 Å². The first kappa shape index (κ1) is 19.9. The molecule has 2 aromatic carbocycles. The van der Waals surface area contributed by atoms with Crippen LogP contribution in [0.3, 0.4) is 0 Å². The number of carbonyl (C=O) groups excluding carboxylic acids is 1. The molecular formula is C20H21F4NO. The van der Waals surface area contributed by atoms with Crippen LogP contribution in [0.4, 0.5) is 17.6 Å². The van der Waals surface area contributed by atoms with Crippen LogP contribution in [0.2, 0.25) is 0 Å². The first-order valence-electron chi connectivity index (χ1n) is 8.19. The van der Waals surface area contributed by atoms with Crippen LogP contribution in [0.15, 0.2) is 42.5 Å². The third-order valence-corrected chi connectivity index (χ3v) is 4.04. The molecule has 0 unspecified atom stereocenters. The number of benzene rings is 2. The van der Waals surface area contributed by atoms with Crippen molar-refractivity contribution in [3.05, 3.63) is 70.5 Å². The summed E-state index contributed by atoms with van der Waals surface area (Å²) in [6, 6.07) is 10.6. The Morgan fingerprint density at radius 1 is 1.00 bits per heavy atom. The Kier molecular flexibility index (Phi) is 5.74. The average Bonchev–Trinajstić information content (AvgIpc) is 2.53. The molecule has 0 aliphatic rings. The zero-order chi connectivity index (χ0) is 19.5. The Morgan fingerprint density at radius 3 is 2.15 bits per heavy atom. The highest BCUT2D eigenvalue weighted by Crippen LogP contribution is 2.32. The van der Waals surface area contributed by atoms with Gasteiger partial charge in [-0.25, -0.2) is 4.39 Å². The lowest BCUT2D eigenvalue weighted by atomic mass is 9.87. The third kappa shape index (κ3) is 5.07. The lowest BCUT2D eigenvalue weighted by Gasteiger charge is -2.19. The second kappa shape index (κ2) is 7.48.